The van der Waals surface area contributed by atoms with E-state index in [1.807, 2.05) is 13.8 Å². The predicted molar refractivity (Wildman–Crippen MR) is 78.1 cm³/mol. The Morgan fingerprint density at radius 2 is 2.20 bits per heavy atom. The van der Waals surface area contributed by atoms with E-state index in [1.165, 1.54) is 16.0 Å². The highest BCUT2D eigenvalue weighted by molar-refractivity contribution is 7.16. The summed E-state index contributed by atoms with van der Waals surface area (Å²) in [7, 11) is 1.68. The Morgan fingerprint density at radius 1 is 1.50 bits per heavy atom. The van der Waals surface area contributed by atoms with E-state index < -0.39 is 5.91 Å². The first kappa shape index (κ1) is 14.3. The number of carbonyl (C=O) groups excluding carboxylic acids is 2. The molecule has 0 aromatic carbocycles. The molecule has 2 heterocycles. The summed E-state index contributed by atoms with van der Waals surface area (Å²) in [5.41, 5.74) is 7.15. The number of nitrogens with two attached hydrogens (primary N) is 1. The van der Waals surface area contributed by atoms with Crippen LogP contribution in [0.15, 0.2) is 12.3 Å². The van der Waals surface area contributed by atoms with Crippen molar-refractivity contribution in [3.05, 3.63) is 34.0 Å². The van der Waals surface area contributed by atoms with Crippen molar-refractivity contribution in [2.24, 2.45) is 12.8 Å². The van der Waals surface area contributed by atoms with Gasteiger partial charge in [0.15, 0.2) is 0 Å². The summed E-state index contributed by atoms with van der Waals surface area (Å²) >= 11 is 1.36. The van der Waals surface area contributed by atoms with Crippen LogP contribution in [0.3, 0.4) is 0 Å². The highest BCUT2D eigenvalue weighted by Crippen LogP contribution is 2.33. The number of primary amides is 1. The largest absolute Gasteiger partial charge is 0.365 e. The number of carbonyl (C=O) groups is 2. The summed E-state index contributed by atoms with van der Waals surface area (Å²) in [6.07, 6.45) is 2.24. The van der Waals surface area contributed by atoms with Crippen LogP contribution in [-0.4, -0.2) is 21.6 Å². The van der Waals surface area contributed by atoms with Gasteiger partial charge in [0.25, 0.3) is 11.8 Å². The number of rotatable bonds is 4. The van der Waals surface area contributed by atoms with Gasteiger partial charge in [-0.25, -0.2) is 0 Å². The number of hydrogen-bond acceptors (Lipinski definition) is 4. The first-order valence-corrected chi connectivity index (χ1v) is 6.98. The first-order chi connectivity index (χ1) is 9.45. The first-order valence-electron chi connectivity index (χ1n) is 6.17. The van der Waals surface area contributed by atoms with Gasteiger partial charge in [0.1, 0.15) is 10.7 Å². The van der Waals surface area contributed by atoms with E-state index >= 15 is 0 Å². The number of aromatic nitrogens is 2. The second-order valence-corrected chi connectivity index (χ2v) is 5.58. The molecular weight excluding hydrogens is 276 g/mol. The molecule has 0 atom stereocenters. The third kappa shape index (κ3) is 2.44. The lowest BCUT2D eigenvalue weighted by molar-refractivity contribution is 0.100. The van der Waals surface area contributed by atoms with Crippen LogP contribution in [0.25, 0.3) is 0 Å². The van der Waals surface area contributed by atoms with Crippen molar-refractivity contribution in [1.82, 2.24) is 9.78 Å². The van der Waals surface area contributed by atoms with Crippen LogP contribution in [0.5, 0.6) is 0 Å². The van der Waals surface area contributed by atoms with E-state index in [4.69, 9.17) is 5.73 Å². The van der Waals surface area contributed by atoms with Crippen LogP contribution in [0.1, 0.15) is 38.2 Å². The van der Waals surface area contributed by atoms with E-state index in [9.17, 15) is 9.59 Å². The summed E-state index contributed by atoms with van der Waals surface area (Å²) in [6.45, 7) is 3.86. The van der Waals surface area contributed by atoms with Gasteiger partial charge >= 0.3 is 0 Å². The highest BCUT2D eigenvalue weighted by Gasteiger charge is 2.21. The van der Waals surface area contributed by atoms with Crippen LogP contribution in [0.2, 0.25) is 0 Å². The molecule has 2 amide bonds. The number of nitrogens with zero attached hydrogens (tertiary/aromatic N) is 2. The molecule has 6 nitrogen and oxygen atoms in total. The van der Waals surface area contributed by atoms with Crippen LogP contribution in [0, 0.1) is 6.92 Å². The molecule has 0 spiro atoms. The Hall–Kier alpha value is -2.15. The third-order valence-electron chi connectivity index (χ3n) is 3.09. The lowest BCUT2D eigenvalue weighted by Gasteiger charge is -2.05. The second-order valence-electron chi connectivity index (χ2n) is 4.35. The maximum Gasteiger partial charge on any atom is 0.274 e. The topological polar surface area (TPSA) is 90.0 Å². The SMILES string of the molecule is CCc1c(C)sc(NC(=O)c2ccnn2C)c1C(N)=O. The molecule has 0 saturated carbocycles. The Morgan fingerprint density at radius 3 is 2.70 bits per heavy atom. The number of hydrogen-bond donors (Lipinski definition) is 2. The maximum absolute atomic E-state index is 12.2. The van der Waals surface area contributed by atoms with Gasteiger partial charge in [-0.15, -0.1) is 11.3 Å². The van der Waals surface area contributed by atoms with Crippen molar-refractivity contribution in [1.29, 1.82) is 0 Å². The fraction of sp³-hybridized carbons (Fsp3) is 0.308. The lowest BCUT2D eigenvalue weighted by Crippen LogP contribution is -2.19. The minimum atomic E-state index is -0.522. The van der Waals surface area contributed by atoms with Crippen molar-refractivity contribution in [3.63, 3.8) is 0 Å². The normalized spacial score (nSPS) is 10.6. The molecule has 0 fully saturated rings. The fourth-order valence-electron chi connectivity index (χ4n) is 2.12. The quantitative estimate of drug-likeness (QED) is 0.898. The van der Waals surface area contributed by atoms with E-state index in [-0.39, 0.29) is 5.91 Å². The van der Waals surface area contributed by atoms with E-state index in [1.54, 1.807) is 19.3 Å². The van der Waals surface area contributed by atoms with Gasteiger partial charge in [-0.3, -0.25) is 14.3 Å². The van der Waals surface area contributed by atoms with Gasteiger partial charge in [-0.1, -0.05) is 6.92 Å². The van der Waals surface area contributed by atoms with Crippen molar-refractivity contribution in [3.8, 4) is 0 Å². The highest BCUT2D eigenvalue weighted by atomic mass is 32.1. The molecule has 20 heavy (non-hydrogen) atoms. The van der Waals surface area contributed by atoms with Gasteiger partial charge < -0.3 is 11.1 Å². The van der Waals surface area contributed by atoms with Crippen LogP contribution in [-0.2, 0) is 13.5 Å². The molecule has 7 heteroatoms. The summed E-state index contributed by atoms with van der Waals surface area (Å²) in [6, 6.07) is 1.61. The van der Waals surface area contributed by atoms with Crippen LogP contribution in [0.4, 0.5) is 5.00 Å². The van der Waals surface area contributed by atoms with Gasteiger partial charge in [0, 0.05) is 18.1 Å². The maximum atomic E-state index is 12.2. The van der Waals surface area contributed by atoms with E-state index in [2.05, 4.69) is 10.4 Å². The summed E-state index contributed by atoms with van der Waals surface area (Å²) in [4.78, 5) is 24.8. The van der Waals surface area contributed by atoms with Gasteiger partial charge in [0.05, 0.1) is 5.56 Å². The van der Waals surface area contributed by atoms with Crippen molar-refractivity contribution < 1.29 is 9.59 Å². The molecule has 3 N–H and O–H groups in total. The Labute approximate surface area is 120 Å². The molecule has 2 aromatic rings. The Kier molecular flexibility index (Phi) is 3.89. The average Bonchev–Trinajstić information content (AvgIpc) is 2.92. The number of aryl methyl sites for hydroxylation is 2. The second kappa shape index (κ2) is 5.46. The van der Waals surface area contributed by atoms with E-state index in [0.717, 1.165) is 10.4 Å². The molecular formula is C13H16N4O2S. The number of thiophene rings is 1. The molecule has 2 aromatic heterocycles. The summed E-state index contributed by atoms with van der Waals surface area (Å²) < 4.78 is 1.47. The number of amides is 2. The fourth-order valence-corrected chi connectivity index (χ4v) is 3.26. The molecule has 0 radical (unpaired) electrons. The Balaban J connectivity index is 2.37. The monoisotopic (exact) mass is 292 g/mol. The van der Waals surface area contributed by atoms with Gasteiger partial charge in [0.2, 0.25) is 0 Å². The molecule has 0 aliphatic rings. The summed E-state index contributed by atoms with van der Waals surface area (Å²) in [5.74, 6) is -0.831. The van der Waals surface area contributed by atoms with Gasteiger partial charge in [-0.2, -0.15) is 5.10 Å². The molecule has 0 saturated heterocycles. The minimum Gasteiger partial charge on any atom is -0.365 e. The van der Waals surface area contributed by atoms with Gasteiger partial charge in [-0.05, 0) is 25.0 Å². The standard InChI is InChI=1S/C13H16N4O2S/c1-4-8-7(2)20-13(10(8)11(14)18)16-12(19)9-5-6-15-17(9)3/h5-6H,4H2,1-3H3,(H2,14,18)(H,16,19). The number of anilines is 1. The van der Waals surface area contributed by atoms with E-state index in [0.29, 0.717) is 22.7 Å². The van der Waals surface area contributed by atoms with Crippen LogP contribution >= 0.6 is 11.3 Å². The molecule has 0 aliphatic heterocycles. The van der Waals surface area contributed by atoms with Crippen molar-refractivity contribution >= 4 is 28.2 Å². The third-order valence-corrected chi connectivity index (χ3v) is 4.15. The molecule has 2 rings (SSSR count). The summed E-state index contributed by atoms with van der Waals surface area (Å²) in [5, 5.41) is 7.19. The smallest absolute Gasteiger partial charge is 0.274 e. The Bertz CT molecular complexity index is 672. The molecule has 0 unspecified atom stereocenters. The zero-order chi connectivity index (χ0) is 14.9. The lowest BCUT2D eigenvalue weighted by atomic mass is 10.1. The molecule has 106 valence electrons. The van der Waals surface area contributed by atoms with Crippen molar-refractivity contribution in [2.45, 2.75) is 20.3 Å². The zero-order valence-electron chi connectivity index (χ0n) is 11.6. The number of nitrogens with one attached hydrogen (secondary N) is 1. The minimum absolute atomic E-state index is 0.309. The molecule has 0 bridgehead atoms. The average molecular weight is 292 g/mol. The van der Waals surface area contributed by atoms with Crippen LogP contribution < -0.4 is 11.1 Å². The zero-order valence-corrected chi connectivity index (χ0v) is 12.4. The van der Waals surface area contributed by atoms with Crippen molar-refractivity contribution in [2.75, 3.05) is 5.32 Å². The molecule has 0 aliphatic carbocycles. The predicted octanol–water partition coefficient (Wildman–Crippen LogP) is 1.70.